The Balaban J connectivity index is 1.64. The molecule has 0 saturated heterocycles. The second-order valence-corrected chi connectivity index (χ2v) is 5.55. The highest BCUT2D eigenvalue weighted by Crippen LogP contribution is 2.18. The summed E-state index contributed by atoms with van der Waals surface area (Å²) in [7, 11) is 0. The number of carbonyl (C=O) groups is 1. The molecule has 0 fully saturated rings. The highest BCUT2D eigenvalue weighted by Gasteiger charge is 2.07. The van der Waals surface area contributed by atoms with Crippen LogP contribution in [0.15, 0.2) is 48.8 Å². The van der Waals surface area contributed by atoms with Gasteiger partial charge in [0.15, 0.2) is 0 Å². The van der Waals surface area contributed by atoms with Gasteiger partial charge >= 0.3 is 6.03 Å². The van der Waals surface area contributed by atoms with E-state index in [1.54, 1.807) is 4.68 Å². The van der Waals surface area contributed by atoms with Gasteiger partial charge in [-0.15, -0.1) is 5.10 Å². The summed E-state index contributed by atoms with van der Waals surface area (Å²) in [6.07, 6.45) is 1.52. The Morgan fingerprint density at radius 3 is 2.62 bits per heavy atom. The van der Waals surface area contributed by atoms with Crippen LogP contribution in [0.2, 0.25) is 0 Å². The third-order valence-electron chi connectivity index (χ3n) is 3.64. The molecule has 0 bridgehead atoms. The number of benzene rings is 2. The van der Waals surface area contributed by atoms with Gasteiger partial charge in [0, 0.05) is 12.2 Å². The zero-order valence-corrected chi connectivity index (χ0v) is 13.5. The Hall–Kier alpha value is -3.22. The van der Waals surface area contributed by atoms with Crippen molar-refractivity contribution in [1.29, 1.82) is 0 Å². The molecular formula is C17H18N6O. The van der Waals surface area contributed by atoms with E-state index < -0.39 is 0 Å². The zero-order valence-electron chi connectivity index (χ0n) is 13.5. The number of anilines is 1. The summed E-state index contributed by atoms with van der Waals surface area (Å²) in [5.41, 5.74) is 4.74. The maximum Gasteiger partial charge on any atom is 0.319 e. The summed E-state index contributed by atoms with van der Waals surface area (Å²) in [6.45, 7) is 4.46. The molecule has 0 unspecified atom stereocenters. The third-order valence-corrected chi connectivity index (χ3v) is 3.64. The number of amides is 2. The number of hydrogen-bond donors (Lipinski definition) is 2. The van der Waals surface area contributed by atoms with Crippen molar-refractivity contribution in [1.82, 2.24) is 25.5 Å². The van der Waals surface area contributed by atoms with Crippen molar-refractivity contribution in [3.63, 3.8) is 0 Å². The van der Waals surface area contributed by atoms with Gasteiger partial charge in [-0.2, -0.15) is 0 Å². The lowest BCUT2D eigenvalue weighted by Gasteiger charge is -2.10. The van der Waals surface area contributed by atoms with Crippen LogP contribution in [0, 0.1) is 13.8 Å². The molecule has 3 rings (SSSR count). The fraction of sp³-hybridized carbons (Fsp3) is 0.176. The van der Waals surface area contributed by atoms with Crippen LogP contribution >= 0.6 is 0 Å². The van der Waals surface area contributed by atoms with Gasteiger partial charge in [0.25, 0.3) is 0 Å². The molecule has 0 aliphatic heterocycles. The Morgan fingerprint density at radius 2 is 1.92 bits per heavy atom. The second kappa shape index (κ2) is 6.91. The summed E-state index contributed by atoms with van der Waals surface area (Å²) in [5, 5.41) is 16.8. The van der Waals surface area contributed by atoms with E-state index in [1.807, 2.05) is 56.3 Å². The second-order valence-electron chi connectivity index (χ2n) is 5.55. The summed E-state index contributed by atoms with van der Waals surface area (Å²) < 4.78 is 1.56. The molecule has 0 spiro atoms. The fourth-order valence-corrected chi connectivity index (χ4v) is 2.27. The standard InChI is InChI=1S/C17H18N6O/c1-12-3-6-14(7-4-12)10-18-17(24)20-15-8-5-13(2)16(9-15)23-11-19-21-22-23/h3-9,11H,10H2,1-2H3,(H2,18,20,24). The van der Waals surface area contributed by atoms with E-state index in [-0.39, 0.29) is 6.03 Å². The molecule has 2 N–H and O–H groups in total. The maximum absolute atomic E-state index is 12.1. The van der Waals surface area contributed by atoms with Crippen LogP contribution in [0.1, 0.15) is 16.7 Å². The SMILES string of the molecule is Cc1ccc(CNC(=O)Nc2ccc(C)c(-n3cnnn3)c2)cc1. The Kier molecular flexibility index (Phi) is 4.51. The topological polar surface area (TPSA) is 84.7 Å². The van der Waals surface area contributed by atoms with Crippen LogP contribution in [0.25, 0.3) is 5.69 Å². The van der Waals surface area contributed by atoms with Crippen LogP contribution in [0.3, 0.4) is 0 Å². The van der Waals surface area contributed by atoms with Gasteiger partial charge < -0.3 is 10.6 Å². The third kappa shape index (κ3) is 3.75. The summed E-state index contributed by atoms with van der Waals surface area (Å²) >= 11 is 0. The van der Waals surface area contributed by atoms with Crippen LogP contribution in [0.4, 0.5) is 10.5 Å². The molecule has 7 nitrogen and oxygen atoms in total. The van der Waals surface area contributed by atoms with Crippen LogP contribution in [-0.2, 0) is 6.54 Å². The molecule has 7 heteroatoms. The number of urea groups is 1. The largest absolute Gasteiger partial charge is 0.334 e. The van der Waals surface area contributed by atoms with Crippen LogP contribution < -0.4 is 10.6 Å². The van der Waals surface area contributed by atoms with Gasteiger partial charge in [0.2, 0.25) is 0 Å². The number of aromatic nitrogens is 4. The van der Waals surface area contributed by atoms with Crippen molar-refractivity contribution >= 4 is 11.7 Å². The first-order chi connectivity index (χ1) is 11.6. The minimum Gasteiger partial charge on any atom is -0.334 e. The number of aryl methyl sites for hydroxylation is 2. The average molecular weight is 322 g/mol. The van der Waals surface area contributed by atoms with E-state index in [1.165, 1.54) is 11.9 Å². The number of carbonyl (C=O) groups excluding carboxylic acids is 1. The summed E-state index contributed by atoms with van der Waals surface area (Å²) in [4.78, 5) is 12.1. The quantitative estimate of drug-likeness (QED) is 0.773. The molecule has 0 aliphatic rings. The highest BCUT2D eigenvalue weighted by molar-refractivity contribution is 5.89. The zero-order chi connectivity index (χ0) is 16.9. The average Bonchev–Trinajstić information content (AvgIpc) is 3.10. The first-order valence-electron chi connectivity index (χ1n) is 7.56. The number of nitrogens with one attached hydrogen (secondary N) is 2. The first kappa shape index (κ1) is 15.7. The molecule has 2 amide bonds. The minimum atomic E-state index is -0.262. The Labute approximate surface area is 139 Å². The van der Waals surface area contributed by atoms with E-state index >= 15 is 0 Å². The Bertz CT molecular complexity index is 827. The number of tetrazole rings is 1. The van der Waals surface area contributed by atoms with Gasteiger partial charge in [-0.1, -0.05) is 35.9 Å². The van der Waals surface area contributed by atoms with Crippen molar-refractivity contribution in [3.05, 3.63) is 65.5 Å². The molecular weight excluding hydrogens is 304 g/mol. The lowest BCUT2D eigenvalue weighted by molar-refractivity contribution is 0.251. The molecule has 24 heavy (non-hydrogen) atoms. The predicted octanol–water partition coefficient (Wildman–Crippen LogP) is 2.60. The van der Waals surface area contributed by atoms with Gasteiger partial charge in [0.05, 0.1) is 5.69 Å². The smallest absolute Gasteiger partial charge is 0.319 e. The van der Waals surface area contributed by atoms with Crippen molar-refractivity contribution in [2.24, 2.45) is 0 Å². The monoisotopic (exact) mass is 322 g/mol. The number of rotatable bonds is 4. The molecule has 1 aromatic heterocycles. The number of nitrogens with zero attached hydrogens (tertiary/aromatic N) is 4. The summed E-state index contributed by atoms with van der Waals surface area (Å²) in [5.74, 6) is 0. The van der Waals surface area contributed by atoms with Crippen molar-refractivity contribution in [2.75, 3.05) is 5.32 Å². The van der Waals surface area contributed by atoms with Crippen molar-refractivity contribution in [2.45, 2.75) is 20.4 Å². The van der Waals surface area contributed by atoms with Crippen LogP contribution in [-0.4, -0.2) is 26.2 Å². The van der Waals surface area contributed by atoms with E-state index in [0.29, 0.717) is 12.2 Å². The number of hydrogen-bond acceptors (Lipinski definition) is 4. The fourth-order valence-electron chi connectivity index (χ4n) is 2.27. The normalized spacial score (nSPS) is 10.4. The molecule has 0 atom stereocenters. The van der Waals surface area contributed by atoms with E-state index in [0.717, 1.165) is 16.8 Å². The molecule has 0 saturated carbocycles. The lowest BCUT2D eigenvalue weighted by Crippen LogP contribution is -2.28. The molecule has 1 heterocycles. The lowest BCUT2D eigenvalue weighted by atomic mass is 10.1. The van der Waals surface area contributed by atoms with Crippen molar-refractivity contribution < 1.29 is 4.79 Å². The van der Waals surface area contributed by atoms with Gasteiger partial charge in [-0.3, -0.25) is 0 Å². The van der Waals surface area contributed by atoms with E-state index in [9.17, 15) is 4.79 Å². The van der Waals surface area contributed by atoms with Crippen molar-refractivity contribution in [3.8, 4) is 5.69 Å². The molecule has 3 aromatic rings. The predicted molar refractivity (Wildman–Crippen MR) is 90.9 cm³/mol. The Morgan fingerprint density at radius 1 is 1.12 bits per heavy atom. The van der Waals surface area contributed by atoms with Gasteiger partial charge in [-0.25, -0.2) is 9.48 Å². The van der Waals surface area contributed by atoms with Gasteiger partial charge in [-0.05, 0) is 47.5 Å². The first-order valence-corrected chi connectivity index (χ1v) is 7.56. The summed E-state index contributed by atoms with van der Waals surface area (Å²) in [6, 6.07) is 13.4. The van der Waals surface area contributed by atoms with Gasteiger partial charge in [0.1, 0.15) is 6.33 Å². The molecule has 2 aromatic carbocycles. The van der Waals surface area contributed by atoms with E-state index in [4.69, 9.17) is 0 Å². The minimum absolute atomic E-state index is 0.262. The molecule has 122 valence electrons. The van der Waals surface area contributed by atoms with E-state index in [2.05, 4.69) is 26.2 Å². The molecule has 0 aliphatic carbocycles. The van der Waals surface area contributed by atoms with Crippen LogP contribution in [0.5, 0.6) is 0 Å². The molecule has 0 radical (unpaired) electrons. The highest BCUT2D eigenvalue weighted by atomic mass is 16.2. The maximum atomic E-state index is 12.1.